The van der Waals surface area contributed by atoms with Crippen LogP contribution in [0.2, 0.25) is 0 Å². The van der Waals surface area contributed by atoms with Gasteiger partial charge in [0, 0.05) is 25.4 Å². The maximum atomic E-state index is 13.9. The van der Waals surface area contributed by atoms with E-state index in [1.165, 1.54) is 6.07 Å². The summed E-state index contributed by atoms with van der Waals surface area (Å²) >= 11 is 0. The molecule has 0 fully saturated rings. The van der Waals surface area contributed by atoms with Crippen LogP contribution in [0.15, 0.2) is 54.7 Å². The van der Waals surface area contributed by atoms with Crippen molar-refractivity contribution in [2.45, 2.75) is 6.42 Å². The van der Waals surface area contributed by atoms with E-state index in [0.29, 0.717) is 41.8 Å². The Kier molecular flexibility index (Phi) is 5.48. The molecule has 0 atom stereocenters. The summed E-state index contributed by atoms with van der Waals surface area (Å²) in [5.74, 6) is 0.470. The van der Waals surface area contributed by atoms with Gasteiger partial charge in [0.05, 0.1) is 17.1 Å². The van der Waals surface area contributed by atoms with Crippen LogP contribution >= 0.6 is 0 Å². The van der Waals surface area contributed by atoms with Crippen LogP contribution < -0.4 is 10.6 Å². The van der Waals surface area contributed by atoms with Crippen LogP contribution in [0, 0.1) is 5.82 Å². The minimum absolute atomic E-state index is 0.0767. The molecule has 7 heteroatoms. The molecule has 0 bridgehead atoms. The number of hydrogen-bond donors (Lipinski definition) is 3. The largest absolute Gasteiger partial charge is 0.396 e. The molecule has 3 rings (SSSR count). The predicted molar refractivity (Wildman–Crippen MR) is 95.1 cm³/mol. The van der Waals surface area contributed by atoms with E-state index in [9.17, 15) is 4.39 Å². The zero-order valence-electron chi connectivity index (χ0n) is 13.5. The average Bonchev–Trinajstić information content (AvgIpc) is 2.64. The van der Waals surface area contributed by atoms with Gasteiger partial charge in [-0.15, -0.1) is 0 Å². The number of nitrogens with zero attached hydrogens (tertiary/aromatic N) is 3. The zero-order valence-corrected chi connectivity index (χ0v) is 13.5. The second-order valence-corrected chi connectivity index (χ2v) is 5.29. The third-order valence-electron chi connectivity index (χ3n) is 3.41. The highest BCUT2D eigenvalue weighted by atomic mass is 19.1. The molecule has 2 aromatic heterocycles. The van der Waals surface area contributed by atoms with Gasteiger partial charge in [0.1, 0.15) is 11.6 Å². The number of para-hydroxylation sites is 1. The molecule has 0 aliphatic heterocycles. The number of hydrogen-bond acceptors (Lipinski definition) is 6. The highest BCUT2D eigenvalue weighted by Gasteiger charge is 2.09. The minimum atomic E-state index is -0.365. The van der Waals surface area contributed by atoms with E-state index in [0.717, 1.165) is 0 Å². The van der Waals surface area contributed by atoms with Crippen molar-refractivity contribution in [2.75, 3.05) is 23.8 Å². The number of benzene rings is 1. The Bertz CT molecular complexity index is 829. The first-order valence-corrected chi connectivity index (χ1v) is 7.93. The van der Waals surface area contributed by atoms with Crippen molar-refractivity contribution in [3.05, 3.63) is 60.5 Å². The normalized spacial score (nSPS) is 10.5. The van der Waals surface area contributed by atoms with Crippen LogP contribution in [0.25, 0.3) is 11.4 Å². The van der Waals surface area contributed by atoms with Crippen LogP contribution in [-0.4, -0.2) is 33.2 Å². The van der Waals surface area contributed by atoms with Crippen molar-refractivity contribution in [2.24, 2.45) is 0 Å². The lowest BCUT2D eigenvalue weighted by Crippen LogP contribution is -2.09. The number of rotatable bonds is 7. The highest BCUT2D eigenvalue weighted by Crippen LogP contribution is 2.23. The first-order chi connectivity index (χ1) is 12.3. The summed E-state index contributed by atoms with van der Waals surface area (Å²) in [6.07, 6.45) is 2.26. The van der Waals surface area contributed by atoms with Crippen molar-refractivity contribution in [3.8, 4) is 11.4 Å². The van der Waals surface area contributed by atoms with E-state index < -0.39 is 0 Å². The second kappa shape index (κ2) is 8.16. The Labute approximate surface area is 144 Å². The summed E-state index contributed by atoms with van der Waals surface area (Å²) in [5.41, 5.74) is 1.63. The highest BCUT2D eigenvalue weighted by molar-refractivity contribution is 5.65. The molecule has 1 aromatic carbocycles. The number of aliphatic hydroxyl groups excluding tert-OH is 1. The fraction of sp³-hybridized carbons (Fsp3) is 0.167. The van der Waals surface area contributed by atoms with Crippen molar-refractivity contribution >= 4 is 17.5 Å². The smallest absolute Gasteiger partial charge is 0.225 e. The zero-order chi connectivity index (χ0) is 17.5. The fourth-order valence-corrected chi connectivity index (χ4v) is 2.22. The molecule has 0 amide bonds. The molecule has 25 heavy (non-hydrogen) atoms. The Balaban J connectivity index is 1.93. The Morgan fingerprint density at radius 3 is 2.60 bits per heavy atom. The average molecular weight is 339 g/mol. The predicted octanol–water partition coefficient (Wildman–Crippen LogP) is 3.22. The van der Waals surface area contributed by atoms with Crippen LogP contribution in [0.1, 0.15) is 6.42 Å². The quantitative estimate of drug-likeness (QED) is 0.573. The van der Waals surface area contributed by atoms with E-state index in [-0.39, 0.29) is 12.4 Å². The van der Waals surface area contributed by atoms with E-state index in [2.05, 4.69) is 25.6 Å². The molecule has 0 saturated carbocycles. The summed E-state index contributed by atoms with van der Waals surface area (Å²) < 4.78 is 13.9. The first-order valence-electron chi connectivity index (χ1n) is 7.93. The van der Waals surface area contributed by atoms with Crippen molar-refractivity contribution in [1.29, 1.82) is 0 Å². The number of aromatic nitrogens is 3. The summed E-state index contributed by atoms with van der Waals surface area (Å²) in [7, 11) is 0. The maximum absolute atomic E-state index is 13.9. The standard InChI is InChI=1S/C18H18FN5O/c19-13-6-1-2-7-14(13)22-17-12-16(15-8-3-4-9-20-15)23-18(24-17)21-10-5-11-25/h1-4,6-9,12,25H,5,10-11H2,(H2,21,22,23,24). The number of aliphatic hydroxyl groups is 1. The third kappa shape index (κ3) is 4.48. The van der Waals surface area contributed by atoms with E-state index in [1.807, 2.05) is 18.2 Å². The lowest BCUT2D eigenvalue weighted by molar-refractivity contribution is 0.292. The molecule has 3 aromatic rings. The molecule has 0 saturated heterocycles. The minimum Gasteiger partial charge on any atom is -0.396 e. The van der Waals surface area contributed by atoms with Gasteiger partial charge in [-0.3, -0.25) is 4.98 Å². The lowest BCUT2D eigenvalue weighted by Gasteiger charge is -2.11. The number of nitrogens with one attached hydrogen (secondary N) is 2. The van der Waals surface area contributed by atoms with Gasteiger partial charge in [0.15, 0.2) is 0 Å². The number of halogens is 1. The Morgan fingerprint density at radius 2 is 1.84 bits per heavy atom. The van der Waals surface area contributed by atoms with Gasteiger partial charge in [0.2, 0.25) is 5.95 Å². The van der Waals surface area contributed by atoms with Crippen LogP contribution in [0.4, 0.5) is 21.8 Å². The Hall–Kier alpha value is -3.06. The van der Waals surface area contributed by atoms with Gasteiger partial charge >= 0.3 is 0 Å². The Morgan fingerprint density at radius 1 is 1.00 bits per heavy atom. The van der Waals surface area contributed by atoms with Crippen molar-refractivity contribution < 1.29 is 9.50 Å². The number of pyridine rings is 1. The molecule has 2 heterocycles. The maximum Gasteiger partial charge on any atom is 0.225 e. The first kappa shape index (κ1) is 16.8. The second-order valence-electron chi connectivity index (χ2n) is 5.29. The van der Waals surface area contributed by atoms with E-state index in [1.54, 1.807) is 30.5 Å². The molecule has 128 valence electrons. The molecule has 3 N–H and O–H groups in total. The SMILES string of the molecule is OCCCNc1nc(Nc2ccccc2F)cc(-c2ccccn2)n1. The lowest BCUT2D eigenvalue weighted by atomic mass is 10.2. The topological polar surface area (TPSA) is 83.0 Å². The molecular weight excluding hydrogens is 321 g/mol. The van der Waals surface area contributed by atoms with E-state index >= 15 is 0 Å². The van der Waals surface area contributed by atoms with Crippen LogP contribution in [-0.2, 0) is 0 Å². The van der Waals surface area contributed by atoms with E-state index in [4.69, 9.17) is 5.11 Å². The molecule has 0 spiro atoms. The molecule has 0 aliphatic carbocycles. The van der Waals surface area contributed by atoms with Crippen molar-refractivity contribution in [3.63, 3.8) is 0 Å². The molecule has 0 unspecified atom stereocenters. The number of anilines is 3. The van der Waals surface area contributed by atoms with Crippen molar-refractivity contribution in [1.82, 2.24) is 15.0 Å². The summed E-state index contributed by atoms with van der Waals surface area (Å²) in [5, 5.41) is 14.9. The van der Waals surface area contributed by atoms with Gasteiger partial charge < -0.3 is 15.7 Å². The van der Waals surface area contributed by atoms with Gasteiger partial charge in [-0.1, -0.05) is 18.2 Å². The summed E-state index contributed by atoms with van der Waals surface area (Å²) in [6.45, 7) is 0.606. The summed E-state index contributed by atoms with van der Waals surface area (Å²) in [6, 6.07) is 13.6. The van der Waals surface area contributed by atoms with Crippen LogP contribution in [0.5, 0.6) is 0 Å². The third-order valence-corrected chi connectivity index (χ3v) is 3.41. The summed E-state index contributed by atoms with van der Waals surface area (Å²) in [4.78, 5) is 13.1. The van der Waals surface area contributed by atoms with Gasteiger partial charge in [-0.2, -0.15) is 4.98 Å². The monoisotopic (exact) mass is 339 g/mol. The van der Waals surface area contributed by atoms with Gasteiger partial charge in [-0.25, -0.2) is 9.37 Å². The fourth-order valence-electron chi connectivity index (χ4n) is 2.22. The molecule has 6 nitrogen and oxygen atoms in total. The molecular formula is C18H18FN5O. The van der Waals surface area contributed by atoms with Gasteiger partial charge in [0.25, 0.3) is 0 Å². The molecule has 0 radical (unpaired) electrons. The molecule has 0 aliphatic rings. The van der Waals surface area contributed by atoms with Gasteiger partial charge in [-0.05, 0) is 30.7 Å². The van der Waals surface area contributed by atoms with Crippen LogP contribution in [0.3, 0.4) is 0 Å².